The van der Waals surface area contributed by atoms with E-state index in [0.717, 1.165) is 5.56 Å². The van der Waals surface area contributed by atoms with E-state index in [1.54, 1.807) is 20.3 Å². The molecule has 1 atom stereocenters. The van der Waals surface area contributed by atoms with Gasteiger partial charge >= 0.3 is 12.0 Å². The van der Waals surface area contributed by atoms with Gasteiger partial charge in [0.1, 0.15) is 0 Å². The minimum absolute atomic E-state index is 0.117. The number of hydrogen-bond donors (Lipinski definition) is 1. The smallest absolute Gasteiger partial charge is 0.348 e. The molecule has 4 aromatic rings. The standard InChI is InChI=1S/C32H34N2O7/c1-5-25-21-28(39-4)34-31(33-25)41-29(30(35)36)32(23-12-8-6-9-13-23,24-14-10-7-11-15-24)40-19-18-22-16-17-26(37-2)27(20-22)38-3/h6-17,20-21,29H,5,18-19H2,1-4H3,(H,35,36). The third-order valence-electron chi connectivity index (χ3n) is 6.70. The monoisotopic (exact) mass is 558 g/mol. The summed E-state index contributed by atoms with van der Waals surface area (Å²) < 4.78 is 28.9. The molecule has 0 saturated carbocycles. The summed E-state index contributed by atoms with van der Waals surface area (Å²) in [5.41, 5.74) is 1.21. The molecule has 0 saturated heterocycles. The van der Waals surface area contributed by atoms with E-state index in [4.69, 9.17) is 23.7 Å². The van der Waals surface area contributed by atoms with Crippen LogP contribution in [0.2, 0.25) is 0 Å². The molecule has 41 heavy (non-hydrogen) atoms. The first-order valence-corrected chi connectivity index (χ1v) is 13.2. The molecule has 9 heteroatoms. The number of aromatic nitrogens is 2. The lowest BCUT2D eigenvalue weighted by Crippen LogP contribution is -2.51. The van der Waals surface area contributed by atoms with Crippen molar-refractivity contribution in [3.63, 3.8) is 0 Å². The van der Waals surface area contributed by atoms with Gasteiger partial charge in [-0.15, -0.1) is 0 Å². The predicted molar refractivity (Wildman–Crippen MR) is 153 cm³/mol. The van der Waals surface area contributed by atoms with Crippen LogP contribution in [0.3, 0.4) is 0 Å². The second-order valence-electron chi connectivity index (χ2n) is 9.13. The number of ether oxygens (including phenoxy) is 5. The first-order valence-electron chi connectivity index (χ1n) is 13.2. The van der Waals surface area contributed by atoms with E-state index in [-0.39, 0.29) is 18.5 Å². The molecule has 1 heterocycles. The molecule has 0 aliphatic rings. The van der Waals surface area contributed by atoms with Gasteiger partial charge in [-0.05, 0) is 41.7 Å². The van der Waals surface area contributed by atoms with Crippen LogP contribution >= 0.6 is 0 Å². The van der Waals surface area contributed by atoms with Crippen LogP contribution in [0.4, 0.5) is 0 Å². The molecule has 0 aliphatic carbocycles. The minimum atomic E-state index is -1.57. The van der Waals surface area contributed by atoms with Crippen LogP contribution in [0.15, 0.2) is 84.9 Å². The lowest BCUT2D eigenvalue weighted by molar-refractivity contribution is -0.164. The van der Waals surface area contributed by atoms with Gasteiger partial charge in [0.05, 0.1) is 33.6 Å². The summed E-state index contributed by atoms with van der Waals surface area (Å²) in [5, 5.41) is 10.7. The maximum atomic E-state index is 13.1. The third-order valence-corrected chi connectivity index (χ3v) is 6.70. The number of carboxylic acids is 1. The number of aliphatic carboxylic acids is 1. The first kappa shape index (κ1) is 29.4. The van der Waals surface area contributed by atoms with Crippen molar-refractivity contribution in [2.24, 2.45) is 0 Å². The molecule has 0 aliphatic heterocycles. The molecule has 1 aromatic heterocycles. The van der Waals surface area contributed by atoms with Gasteiger partial charge in [0.2, 0.25) is 12.0 Å². The Morgan fingerprint density at radius 3 is 2.00 bits per heavy atom. The zero-order valence-corrected chi connectivity index (χ0v) is 23.6. The summed E-state index contributed by atoms with van der Waals surface area (Å²) in [5.74, 6) is 0.240. The lowest BCUT2D eigenvalue weighted by Gasteiger charge is -2.39. The van der Waals surface area contributed by atoms with E-state index >= 15 is 0 Å². The molecule has 9 nitrogen and oxygen atoms in total. The summed E-state index contributed by atoms with van der Waals surface area (Å²) >= 11 is 0. The zero-order valence-electron chi connectivity index (χ0n) is 23.6. The third kappa shape index (κ3) is 6.58. The molecule has 4 rings (SSSR count). The van der Waals surface area contributed by atoms with Crippen LogP contribution in [0.1, 0.15) is 29.3 Å². The molecular formula is C32H34N2O7. The highest BCUT2D eigenvalue weighted by molar-refractivity contribution is 5.76. The van der Waals surface area contributed by atoms with Gasteiger partial charge in [0.25, 0.3) is 0 Å². The fourth-order valence-corrected chi connectivity index (χ4v) is 4.65. The average Bonchev–Trinajstić information content (AvgIpc) is 3.02. The molecule has 0 spiro atoms. The predicted octanol–water partition coefficient (Wildman–Crippen LogP) is 5.10. The normalized spacial score (nSPS) is 11.9. The van der Waals surface area contributed by atoms with Crippen LogP contribution in [-0.2, 0) is 28.0 Å². The Bertz CT molecular complexity index is 1370. The van der Waals surface area contributed by atoms with E-state index in [2.05, 4.69) is 9.97 Å². The highest BCUT2D eigenvalue weighted by atomic mass is 16.6. The topological polar surface area (TPSA) is 109 Å². The Kier molecular flexibility index (Phi) is 9.76. The number of benzene rings is 3. The number of methoxy groups -OCH3 is 3. The van der Waals surface area contributed by atoms with E-state index < -0.39 is 17.7 Å². The highest BCUT2D eigenvalue weighted by Crippen LogP contribution is 2.40. The Hall–Kier alpha value is -4.63. The van der Waals surface area contributed by atoms with E-state index in [9.17, 15) is 9.90 Å². The molecule has 1 unspecified atom stereocenters. The first-order chi connectivity index (χ1) is 19.9. The summed E-state index contributed by atoms with van der Waals surface area (Å²) in [6.07, 6.45) is -0.518. The summed E-state index contributed by atoms with van der Waals surface area (Å²) in [6.45, 7) is 2.08. The van der Waals surface area contributed by atoms with Crippen molar-refractivity contribution in [3.05, 3.63) is 107 Å². The van der Waals surface area contributed by atoms with E-state index in [1.165, 1.54) is 7.11 Å². The van der Waals surface area contributed by atoms with Crippen molar-refractivity contribution in [1.29, 1.82) is 0 Å². The summed E-state index contributed by atoms with van der Waals surface area (Å²) in [7, 11) is 4.64. The molecule has 3 aromatic carbocycles. The van der Waals surface area contributed by atoms with Gasteiger partial charge in [-0.1, -0.05) is 73.7 Å². The molecule has 0 bridgehead atoms. The molecule has 0 fully saturated rings. The maximum Gasteiger partial charge on any atom is 0.348 e. The SMILES string of the molecule is CCc1cc(OC)nc(OC(C(=O)O)C(OCCc2ccc(OC)c(OC)c2)(c2ccccc2)c2ccccc2)n1. The Balaban J connectivity index is 1.80. The van der Waals surface area contributed by atoms with Gasteiger partial charge in [-0.2, -0.15) is 4.98 Å². The fraction of sp³-hybridized carbons (Fsp3) is 0.281. The maximum absolute atomic E-state index is 13.1. The Morgan fingerprint density at radius 1 is 0.829 bits per heavy atom. The van der Waals surface area contributed by atoms with Crippen LogP contribution in [0.25, 0.3) is 0 Å². The summed E-state index contributed by atoms with van der Waals surface area (Å²) in [6, 6.07) is 25.5. The van der Waals surface area contributed by atoms with Crippen LogP contribution in [0.5, 0.6) is 23.4 Å². The molecule has 1 N–H and O–H groups in total. The van der Waals surface area contributed by atoms with Gasteiger partial charge in [0, 0.05) is 6.07 Å². The molecular weight excluding hydrogens is 524 g/mol. The quantitative estimate of drug-likeness (QED) is 0.226. The molecule has 0 amide bonds. The van der Waals surface area contributed by atoms with Gasteiger partial charge < -0.3 is 28.8 Å². The zero-order chi connectivity index (χ0) is 29.2. The van der Waals surface area contributed by atoms with Crippen LogP contribution in [0, 0.1) is 0 Å². The van der Waals surface area contributed by atoms with E-state index in [0.29, 0.717) is 41.2 Å². The number of carboxylic acid groups (broad SMARTS) is 1. The van der Waals surface area contributed by atoms with Crippen molar-refractivity contribution in [1.82, 2.24) is 9.97 Å². The van der Waals surface area contributed by atoms with Crippen molar-refractivity contribution in [2.45, 2.75) is 31.5 Å². The number of rotatable bonds is 14. The number of nitrogens with zero attached hydrogens (tertiary/aromatic N) is 2. The Morgan fingerprint density at radius 2 is 1.46 bits per heavy atom. The van der Waals surface area contributed by atoms with Gasteiger partial charge in [-0.25, -0.2) is 9.78 Å². The number of aryl methyl sites for hydroxylation is 1. The lowest BCUT2D eigenvalue weighted by atomic mass is 9.81. The molecule has 0 radical (unpaired) electrons. The van der Waals surface area contributed by atoms with Crippen molar-refractivity contribution >= 4 is 5.97 Å². The second kappa shape index (κ2) is 13.6. The minimum Gasteiger partial charge on any atom is -0.493 e. The Labute approximate surface area is 239 Å². The fourth-order valence-electron chi connectivity index (χ4n) is 4.65. The number of carbonyl (C=O) groups is 1. The van der Waals surface area contributed by atoms with E-state index in [1.807, 2.05) is 85.8 Å². The highest BCUT2D eigenvalue weighted by Gasteiger charge is 2.50. The van der Waals surface area contributed by atoms with Crippen molar-refractivity contribution < 1.29 is 33.6 Å². The summed E-state index contributed by atoms with van der Waals surface area (Å²) in [4.78, 5) is 21.8. The second-order valence-corrected chi connectivity index (χ2v) is 9.13. The van der Waals surface area contributed by atoms with Crippen LogP contribution in [-0.4, -0.2) is 55.1 Å². The number of hydrogen-bond acceptors (Lipinski definition) is 8. The van der Waals surface area contributed by atoms with Gasteiger partial charge in [-0.3, -0.25) is 0 Å². The molecule has 214 valence electrons. The average molecular weight is 559 g/mol. The van der Waals surface area contributed by atoms with Crippen LogP contribution < -0.4 is 18.9 Å². The van der Waals surface area contributed by atoms with Gasteiger partial charge in [0.15, 0.2) is 17.1 Å². The largest absolute Gasteiger partial charge is 0.493 e. The van der Waals surface area contributed by atoms with Crippen molar-refractivity contribution in [2.75, 3.05) is 27.9 Å². The van der Waals surface area contributed by atoms with Crippen molar-refractivity contribution in [3.8, 4) is 23.4 Å².